The molecular formula is C19H30ClN3O2S. The molecule has 5 nitrogen and oxygen atoms in total. The van der Waals surface area contributed by atoms with Crippen LogP contribution in [0.25, 0.3) is 0 Å². The van der Waals surface area contributed by atoms with Crippen LogP contribution in [0.5, 0.6) is 0 Å². The molecule has 3 N–H and O–H groups in total. The van der Waals surface area contributed by atoms with E-state index in [1.165, 1.54) is 11.1 Å². The minimum Gasteiger partial charge on any atom is -0.354 e. The Morgan fingerprint density at radius 1 is 1.35 bits per heavy atom. The molecule has 1 aliphatic rings. The van der Waals surface area contributed by atoms with Crippen LogP contribution >= 0.6 is 24.2 Å². The number of hydrogen-bond acceptors (Lipinski definition) is 4. The van der Waals surface area contributed by atoms with Crippen molar-refractivity contribution in [1.82, 2.24) is 10.2 Å². The summed E-state index contributed by atoms with van der Waals surface area (Å²) >= 11 is 1.66. The van der Waals surface area contributed by atoms with Gasteiger partial charge in [-0.3, -0.25) is 9.59 Å². The predicted molar refractivity (Wildman–Crippen MR) is 111 cm³/mol. The molecule has 146 valence electrons. The van der Waals surface area contributed by atoms with Gasteiger partial charge in [-0.15, -0.1) is 24.2 Å². The SMILES string of the molecule is Cc1cccc(CSCC(=O)N2CCCCC2CNC(=O)CCN)c1.Cl. The molecule has 1 unspecified atom stereocenters. The van der Waals surface area contributed by atoms with Crippen molar-refractivity contribution in [3.63, 3.8) is 0 Å². The van der Waals surface area contributed by atoms with E-state index in [-0.39, 0.29) is 30.3 Å². The number of amides is 2. The van der Waals surface area contributed by atoms with Gasteiger partial charge in [-0.2, -0.15) is 0 Å². The Labute approximate surface area is 166 Å². The minimum absolute atomic E-state index is 0. The van der Waals surface area contributed by atoms with Gasteiger partial charge < -0.3 is 16.0 Å². The van der Waals surface area contributed by atoms with Crippen molar-refractivity contribution in [3.8, 4) is 0 Å². The summed E-state index contributed by atoms with van der Waals surface area (Å²) in [5.41, 5.74) is 7.89. The summed E-state index contributed by atoms with van der Waals surface area (Å²) in [4.78, 5) is 26.2. The van der Waals surface area contributed by atoms with Gasteiger partial charge in [0.1, 0.15) is 0 Å². The van der Waals surface area contributed by atoms with Crippen LogP contribution in [0.15, 0.2) is 24.3 Å². The number of nitrogens with one attached hydrogen (secondary N) is 1. The molecule has 0 aromatic heterocycles. The molecule has 7 heteroatoms. The van der Waals surface area contributed by atoms with E-state index in [1.54, 1.807) is 11.8 Å². The van der Waals surface area contributed by atoms with Crippen molar-refractivity contribution in [3.05, 3.63) is 35.4 Å². The van der Waals surface area contributed by atoms with E-state index in [9.17, 15) is 9.59 Å². The fourth-order valence-corrected chi connectivity index (χ4v) is 3.99. The molecule has 0 spiro atoms. The quantitative estimate of drug-likeness (QED) is 0.704. The summed E-state index contributed by atoms with van der Waals surface area (Å²) in [5, 5.41) is 2.91. The highest BCUT2D eigenvalue weighted by Crippen LogP contribution is 2.20. The summed E-state index contributed by atoms with van der Waals surface area (Å²) in [7, 11) is 0. The average Bonchev–Trinajstić information content (AvgIpc) is 2.60. The van der Waals surface area contributed by atoms with Crippen LogP contribution in [-0.4, -0.2) is 48.1 Å². The van der Waals surface area contributed by atoms with Crippen molar-refractivity contribution < 1.29 is 9.59 Å². The summed E-state index contributed by atoms with van der Waals surface area (Å²) in [6.07, 6.45) is 3.45. The molecule has 26 heavy (non-hydrogen) atoms. The highest BCUT2D eigenvalue weighted by molar-refractivity contribution is 7.99. The molecule has 0 saturated carbocycles. The number of piperidine rings is 1. The maximum Gasteiger partial charge on any atom is 0.232 e. The average molecular weight is 400 g/mol. The van der Waals surface area contributed by atoms with Crippen molar-refractivity contribution >= 4 is 36.0 Å². The Bertz CT molecular complexity index is 586. The summed E-state index contributed by atoms with van der Waals surface area (Å²) in [6.45, 7) is 3.76. The number of aryl methyl sites for hydroxylation is 1. The number of benzene rings is 1. The summed E-state index contributed by atoms with van der Waals surface area (Å²) in [6, 6.07) is 8.51. The number of carbonyl (C=O) groups is 2. The fourth-order valence-electron chi connectivity index (χ4n) is 3.13. The highest BCUT2D eigenvalue weighted by atomic mass is 35.5. The number of thioether (sulfide) groups is 1. The second-order valence-corrected chi connectivity index (χ2v) is 7.55. The molecule has 1 atom stereocenters. The van der Waals surface area contributed by atoms with E-state index in [0.29, 0.717) is 25.3 Å². The molecular weight excluding hydrogens is 370 g/mol. The largest absolute Gasteiger partial charge is 0.354 e. The Morgan fingerprint density at radius 2 is 2.15 bits per heavy atom. The minimum atomic E-state index is -0.0331. The number of rotatable bonds is 8. The Kier molecular flexibility index (Phi) is 10.7. The van der Waals surface area contributed by atoms with E-state index in [1.807, 2.05) is 4.90 Å². The van der Waals surface area contributed by atoms with Crippen LogP contribution in [0.1, 0.15) is 36.8 Å². The van der Waals surface area contributed by atoms with Gasteiger partial charge in [0, 0.05) is 37.8 Å². The highest BCUT2D eigenvalue weighted by Gasteiger charge is 2.26. The normalized spacial score (nSPS) is 16.7. The van der Waals surface area contributed by atoms with Gasteiger partial charge in [0.2, 0.25) is 11.8 Å². The molecule has 1 aliphatic heterocycles. The fraction of sp³-hybridized carbons (Fsp3) is 0.579. The lowest BCUT2D eigenvalue weighted by Crippen LogP contribution is -2.50. The van der Waals surface area contributed by atoms with E-state index < -0.39 is 0 Å². The molecule has 1 heterocycles. The number of likely N-dealkylation sites (tertiary alicyclic amines) is 1. The number of halogens is 1. The van der Waals surface area contributed by atoms with Crippen LogP contribution in [0.3, 0.4) is 0 Å². The zero-order valence-corrected chi connectivity index (χ0v) is 17.0. The molecule has 0 bridgehead atoms. The van der Waals surface area contributed by atoms with Crippen LogP contribution in [0.2, 0.25) is 0 Å². The Hall–Kier alpha value is -1.24. The van der Waals surface area contributed by atoms with E-state index in [2.05, 4.69) is 36.5 Å². The third kappa shape index (κ3) is 7.56. The standard InChI is InChI=1S/C19H29N3O2S.ClH/c1-15-5-4-6-16(11-15)13-25-14-19(24)22-10-3-2-7-17(22)12-21-18(23)8-9-20;/h4-6,11,17H,2-3,7-10,12-14,20H2,1H3,(H,21,23);1H. The first-order valence-corrected chi connectivity index (χ1v) is 10.1. The molecule has 0 aliphatic carbocycles. The van der Waals surface area contributed by atoms with Gasteiger partial charge in [-0.05, 0) is 31.7 Å². The molecule has 1 fully saturated rings. The van der Waals surface area contributed by atoms with E-state index in [4.69, 9.17) is 5.73 Å². The van der Waals surface area contributed by atoms with Crippen molar-refractivity contribution in [2.75, 3.05) is 25.4 Å². The molecule has 1 aromatic rings. The number of nitrogens with two attached hydrogens (primary N) is 1. The first-order valence-electron chi connectivity index (χ1n) is 8.99. The number of hydrogen-bond donors (Lipinski definition) is 2. The van der Waals surface area contributed by atoms with Crippen LogP contribution < -0.4 is 11.1 Å². The second kappa shape index (κ2) is 12.2. The maximum atomic E-state index is 12.6. The molecule has 2 rings (SSSR count). The third-order valence-corrected chi connectivity index (χ3v) is 5.42. The lowest BCUT2D eigenvalue weighted by atomic mass is 10.0. The van der Waals surface area contributed by atoms with E-state index >= 15 is 0 Å². The van der Waals surface area contributed by atoms with Crippen molar-refractivity contribution in [2.45, 2.75) is 44.4 Å². The molecule has 1 saturated heterocycles. The summed E-state index contributed by atoms with van der Waals surface area (Å²) < 4.78 is 0. The molecule has 1 aromatic carbocycles. The monoisotopic (exact) mass is 399 g/mol. The maximum absolute atomic E-state index is 12.6. The zero-order valence-electron chi connectivity index (χ0n) is 15.4. The smallest absolute Gasteiger partial charge is 0.232 e. The number of carbonyl (C=O) groups excluding carboxylic acids is 2. The lowest BCUT2D eigenvalue weighted by molar-refractivity contribution is -0.132. The first-order chi connectivity index (χ1) is 12.1. The zero-order chi connectivity index (χ0) is 18.1. The second-order valence-electron chi connectivity index (χ2n) is 6.56. The van der Waals surface area contributed by atoms with Gasteiger partial charge in [-0.25, -0.2) is 0 Å². The van der Waals surface area contributed by atoms with Crippen LogP contribution in [0.4, 0.5) is 0 Å². The van der Waals surface area contributed by atoms with Gasteiger partial charge in [0.05, 0.1) is 5.75 Å². The van der Waals surface area contributed by atoms with Crippen LogP contribution in [0, 0.1) is 6.92 Å². The Morgan fingerprint density at radius 3 is 2.88 bits per heavy atom. The first kappa shape index (κ1) is 22.8. The molecule has 0 radical (unpaired) electrons. The van der Waals surface area contributed by atoms with Gasteiger partial charge >= 0.3 is 0 Å². The van der Waals surface area contributed by atoms with Gasteiger partial charge in [0.15, 0.2) is 0 Å². The van der Waals surface area contributed by atoms with Crippen LogP contribution in [-0.2, 0) is 15.3 Å². The van der Waals surface area contributed by atoms with Crippen molar-refractivity contribution in [2.24, 2.45) is 5.73 Å². The summed E-state index contributed by atoms with van der Waals surface area (Å²) in [5.74, 6) is 1.48. The van der Waals surface area contributed by atoms with Gasteiger partial charge in [0.25, 0.3) is 0 Å². The Balaban J connectivity index is 0.00000338. The van der Waals surface area contributed by atoms with Gasteiger partial charge in [-0.1, -0.05) is 29.8 Å². The van der Waals surface area contributed by atoms with E-state index in [0.717, 1.165) is 31.6 Å². The topological polar surface area (TPSA) is 75.4 Å². The third-order valence-electron chi connectivity index (χ3n) is 4.43. The molecule has 2 amide bonds. The predicted octanol–water partition coefficient (Wildman–Crippen LogP) is 2.50. The number of nitrogens with zero attached hydrogens (tertiary/aromatic N) is 1. The lowest BCUT2D eigenvalue weighted by Gasteiger charge is -2.36. The van der Waals surface area contributed by atoms with Crippen molar-refractivity contribution in [1.29, 1.82) is 0 Å².